The lowest BCUT2D eigenvalue weighted by Crippen LogP contribution is -2.44. The van der Waals surface area contributed by atoms with Crippen LogP contribution in [0.25, 0.3) is 0 Å². The number of aryl methyl sites for hydroxylation is 1. The number of non-ortho nitro benzene ring substituents is 1. The standard InChI is InChI=1S/C20H19N3O4/c1-13-4-2-5-16-18(13)22(12-14-7-9-15(10-8-14)23(26)27)20(25)17-6-3-11-21(17)19(16)24/h2,4-5,7-10,17H,3,6,11-12H2,1H3/t17-/m0/s1. The number of carbonyl (C=O) groups is 2. The summed E-state index contributed by atoms with van der Waals surface area (Å²) in [5, 5.41) is 10.9. The number of anilines is 1. The zero-order valence-corrected chi connectivity index (χ0v) is 14.9. The summed E-state index contributed by atoms with van der Waals surface area (Å²) in [6.45, 7) is 2.75. The van der Waals surface area contributed by atoms with Crippen molar-refractivity contribution in [3.8, 4) is 0 Å². The molecule has 7 heteroatoms. The molecule has 2 aliphatic rings. The maximum atomic E-state index is 13.3. The predicted molar refractivity (Wildman–Crippen MR) is 99.5 cm³/mol. The summed E-state index contributed by atoms with van der Waals surface area (Å²) in [6.07, 6.45) is 1.48. The van der Waals surface area contributed by atoms with Crippen LogP contribution in [0.5, 0.6) is 0 Å². The van der Waals surface area contributed by atoms with Gasteiger partial charge in [-0.3, -0.25) is 19.7 Å². The fourth-order valence-corrected chi connectivity index (χ4v) is 3.96. The van der Waals surface area contributed by atoms with Gasteiger partial charge < -0.3 is 9.80 Å². The Morgan fingerprint density at radius 2 is 1.89 bits per heavy atom. The number of nitro groups is 1. The monoisotopic (exact) mass is 365 g/mol. The molecule has 2 aromatic rings. The zero-order valence-electron chi connectivity index (χ0n) is 14.9. The van der Waals surface area contributed by atoms with Gasteiger partial charge in [-0.1, -0.05) is 24.3 Å². The van der Waals surface area contributed by atoms with Crippen molar-refractivity contribution in [1.29, 1.82) is 0 Å². The maximum absolute atomic E-state index is 13.3. The first kappa shape index (κ1) is 17.2. The fourth-order valence-electron chi connectivity index (χ4n) is 3.96. The largest absolute Gasteiger partial charge is 0.327 e. The topological polar surface area (TPSA) is 83.8 Å². The second-order valence-corrected chi connectivity index (χ2v) is 6.98. The third kappa shape index (κ3) is 2.85. The molecule has 1 atom stereocenters. The maximum Gasteiger partial charge on any atom is 0.269 e. The number of fused-ring (bicyclic) bond motifs is 2. The summed E-state index contributed by atoms with van der Waals surface area (Å²) >= 11 is 0. The highest BCUT2D eigenvalue weighted by Gasteiger charge is 2.42. The highest BCUT2D eigenvalue weighted by molar-refractivity contribution is 6.11. The highest BCUT2D eigenvalue weighted by Crippen LogP contribution is 2.35. The SMILES string of the molecule is Cc1cccc2c1N(Cc1ccc([N+](=O)[O-])cc1)C(=O)[C@@H]1CCCN1C2=O. The molecular formula is C20H19N3O4. The van der Waals surface area contributed by atoms with Gasteiger partial charge in [0.1, 0.15) is 6.04 Å². The molecule has 0 radical (unpaired) electrons. The van der Waals surface area contributed by atoms with Gasteiger partial charge in [0.05, 0.1) is 22.7 Å². The molecule has 0 N–H and O–H groups in total. The number of para-hydroxylation sites is 1. The summed E-state index contributed by atoms with van der Waals surface area (Å²) in [5.41, 5.74) is 2.82. The van der Waals surface area contributed by atoms with E-state index in [1.54, 1.807) is 28.0 Å². The van der Waals surface area contributed by atoms with Gasteiger partial charge in [-0.2, -0.15) is 0 Å². The lowest BCUT2D eigenvalue weighted by atomic mass is 10.0. The Hall–Kier alpha value is -3.22. The molecular weight excluding hydrogens is 346 g/mol. The summed E-state index contributed by atoms with van der Waals surface area (Å²) in [4.78, 5) is 40.1. The number of benzene rings is 2. The summed E-state index contributed by atoms with van der Waals surface area (Å²) in [7, 11) is 0. The van der Waals surface area contributed by atoms with Crippen LogP contribution in [0.1, 0.15) is 34.3 Å². The van der Waals surface area contributed by atoms with Crippen molar-refractivity contribution in [1.82, 2.24) is 4.90 Å². The van der Waals surface area contributed by atoms with Crippen LogP contribution in [0.15, 0.2) is 42.5 Å². The normalized spacial score (nSPS) is 18.9. The number of carbonyl (C=O) groups excluding carboxylic acids is 2. The lowest BCUT2D eigenvalue weighted by molar-refractivity contribution is -0.384. The van der Waals surface area contributed by atoms with Crippen LogP contribution >= 0.6 is 0 Å². The highest BCUT2D eigenvalue weighted by atomic mass is 16.6. The van der Waals surface area contributed by atoms with Crippen molar-refractivity contribution in [3.05, 3.63) is 69.3 Å². The number of amides is 2. The predicted octanol–water partition coefficient (Wildman–Crippen LogP) is 3.05. The Balaban J connectivity index is 1.78. The first-order valence-electron chi connectivity index (χ1n) is 8.92. The summed E-state index contributed by atoms with van der Waals surface area (Å²) in [5.74, 6) is -0.192. The Bertz CT molecular complexity index is 939. The molecule has 0 aromatic heterocycles. The summed E-state index contributed by atoms with van der Waals surface area (Å²) in [6, 6.07) is 11.2. The Morgan fingerprint density at radius 1 is 1.15 bits per heavy atom. The average molecular weight is 365 g/mol. The minimum Gasteiger partial charge on any atom is -0.327 e. The second-order valence-electron chi connectivity index (χ2n) is 6.98. The first-order chi connectivity index (χ1) is 13.0. The van der Waals surface area contributed by atoms with E-state index in [1.165, 1.54) is 12.1 Å². The van der Waals surface area contributed by atoms with E-state index < -0.39 is 11.0 Å². The van der Waals surface area contributed by atoms with Crippen LogP contribution in [-0.2, 0) is 11.3 Å². The molecule has 0 unspecified atom stereocenters. The van der Waals surface area contributed by atoms with E-state index in [1.807, 2.05) is 19.1 Å². The molecule has 4 rings (SSSR count). The molecule has 7 nitrogen and oxygen atoms in total. The van der Waals surface area contributed by atoms with Crippen LogP contribution in [-0.4, -0.2) is 34.2 Å². The van der Waals surface area contributed by atoms with Crippen LogP contribution in [0.4, 0.5) is 11.4 Å². The average Bonchev–Trinajstić information content (AvgIpc) is 3.12. The smallest absolute Gasteiger partial charge is 0.269 e. The molecule has 0 saturated carbocycles. The minimum absolute atomic E-state index is 0.00895. The molecule has 2 aliphatic heterocycles. The summed E-state index contributed by atoms with van der Waals surface area (Å²) < 4.78 is 0. The van der Waals surface area contributed by atoms with E-state index >= 15 is 0 Å². The van der Waals surface area contributed by atoms with Crippen molar-refractivity contribution >= 4 is 23.2 Å². The van der Waals surface area contributed by atoms with Crippen molar-refractivity contribution in [2.75, 3.05) is 11.4 Å². The second kappa shape index (κ2) is 6.50. The van der Waals surface area contributed by atoms with Gasteiger partial charge in [0.15, 0.2) is 0 Å². The third-order valence-corrected chi connectivity index (χ3v) is 5.29. The van der Waals surface area contributed by atoms with Gasteiger partial charge in [0.2, 0.25) is 5.91 Å². The van der Waals surface area contributed by atoms with Gasteiger partial charge in [-0.25, -0.2) is 0 Å². The number of nitro benzene ring substituents is 1. The van der Waals surface area contributed by atoms with E-state index in [0.717, 1.165) is 17.5 Å². The van der Waals surface area contributed by atoms with Gasteiger partial charge >= 0.3 is 0 Å². The number of rotatable bonds is 3. The van der Waals surface area contributed by atoms with Crippen molar-refractivity contribution < 1.29 is 14.5 Å². The van der Waals surface area contributed by atoms with Crippen molar-refractivity contribution in [3.63, 3.8) is 0 Å². The fraction of sp³-hybridized carbons (Fsp3) is 0.300. The minimum atomic E-state index is -0.449. The van der Waals surface area contributed by atoms with Gasteiger partial charge in [-0.15, -0.1) is 0 Å². The Kier molecular flexibility index (Phi) is 4.14. The molecule has 2 aromatic carbocycles. The van der Waals surface area contributed by atoms with Crippen LogP contribution in [0, 0.1) is 17.0 Å². The molecule has 27 heavy (non-hydrogen) atoms. The van der Waals surface area contributed by atoms with Crippen molar-refractivity contribution in [2.24, 2.45) is 0 Å². The van der Waals surface area contributed by atoms with Crippen LogP contribution in [0.2, 0.25) is 0 Å². The number of hydrogen-bond donors (Lipinski definition) is 0. The quantitative estimate of drug-likeness (QED) is 0.618. The Labute approximate surface area is 156 Å². The van der Waals surface area contributed by atoms with Gasteiger partial charge in [0.25, 0.3) is 11.6 Å². The molecule has 0 aliphatic carbocycles. The first-order valence-corrected chi connectivity index (χ1v) is 8.92. The number of nitrogens with zero attached hydrogens (tertiary/aromatic N) is 3. The van der Waals surface area contributed by atoms with E-state index in [4.69, 9.17) is 0 Å². The van der Waals surface area contributed by atoms with Crippen LogP contribution in [0.3, 0.4) is 0 Å². The Morgan fingerprint density at radius 3 is 2.59 bits per heavy atom. The molecule has 1 saturated heterocycles. The molecule has 0 spiro atoms. The zero-order chi connectivity index (χ0) is 19.1. The van der Waals surface area contributed by atoms with E-state index in [0.29, 0.717) is 24.2 Å². The lowest BCUT2D eigenvalue weighted by Gasteiger charge is -2.27. The molecule has 138 valence electrons. The van der Waals surface area contributed by atoms with Gasteiger partial charge in [-0.05, 0) is 37.0 Å². The third-order valence-electron chi connectivity index (χ3n) is 5.29. The molecule has 2 amide bonds. The number of hydrogen-bond acceptors (Lipinski definition) is 4. The van der Waals surface area contributed by atoms with Crippen molar-refractivity contribution in [2.45, 2.75) is 32.4 Å². The van der Waals surface area contributed by atoms with Crippen LogP contribution < -0.4 is 4.90 Å². The van der Waals surface area contributed by atoms with Gasteiger partial charge in [0, 0.05) is 18.7 Å². The van der Waals surface area contributed by atoms with E-state index in [-0.39, 0.29) is 24.0 Å². The molecule has 0 bridgehead atoms. The van der Waals surface area contributed by atoms with E-state index in [2.05, 4.69) is 0 Å². The molecule has 2 heterocycles. The molecule has 1 fully saturated rings. The van der Waals surface area contributed by atoms with E-state index in [9.17, 15) is 19.7 Å².